The molecule has 5 rings (SSSR count). The topological polar surface area (TPSA) is 122 Å². The van der Waals surface area contributed by atoms with Crippen LogP contribution in [0.25, 0.3) is 10.6 Å². The molecule has 2 heterocycles. The number of rotatable bonds is 7. The number of nitriles is 1. The molecule has 3 aromatic carbocycles. The number of Topliss-reactive ketones (excluding diaryl/α,β-unsaturated/α-hetero) is 1. The van der Waals surface area contributed by atoms with Gasteiger partial charge >= 0.3 is 5.97 Å². The van der Waals surface area contributed by atoms with Gasteiger partial charge in [0, 0.05) is 27.8 Å². The molecular weight excluding hydrogens is 514 g/mol. The van der Waals surface area contributed by atoms with E-state index >= 15 is 0 Å². The summed E-state index contributed by atoms with van der Waals surface area (Å²) >= 11 is 7.28. The minimum Gasteiger partial charge on any atom is -0.493 e. The number of hydrogen-bond acceptors (Lipinski definition) is 8. The number of ketones is 1. The average Bonchev–Trinajstić information content (AvgIpc) is 3.37. The Morgan fingerprint density at radius 2 is 1.89 bits per heavy atom. The van der Waals surface area contributed by atoms with E-state index in [1.165, 1.54) is 23.5 Å². The molecule has 0 saturated carbocycles. The molecule has 0 fully saturated rings. The van der Waals surface area contributed by atoms with Gasteiger partial charge in [-0.05, 0) is 48.9 Å². The third-order valence-corrected chi connectivity index (χ3v) is 7.07. The van der Waals surface area contributed by atoms with Crippen molar-refractivity contribution in [1.82, 2.24) is 10.2 Å². The Morgan fingerprint density at radius 3 is 2.59 bits per heavy atom. The average molecular weight is 532 g/mol. The van der Waals surface area contributed by atoms with E-state index in [-0.39, 0.29) is 30.1 Å². The first-order valence-corrected chi connectivity index (χ1v) is 12.4. The van der Waals surface area contributed by atoms with Crippen molar-refractivity contribution in [2.24, 2.45) is 0 Å². The molecule has 0 radical (unpaired) electrons. The van der Waals surface area contributed by atoms with Gasteiger partial charge in [-0.25, -0.2) is 0 Å². The fourth-order valence-electron chi connectivity index (χ4n) is 3.96. The molecule has 0 aliphatic carbocycles. The number of nitrogens with zero attached hydrogens (tertiary/aromatic N) is 3. The molecule has 1 atom stereocenters. The maximum absolute atomic E-state index is 12.8. The molecule has 0 saturated heterocycles. The van der Waals surface area contributed by atoms with E-state index in [4.69, 9.17) is 21.1 Å². The quantitative estimate of drug-likeness (QED) is 0.292. The van der Waals surface area contributed by atoms with Crippen LogP contribution in [0.3, 0.4) is 0 Å². The lowest BCUT2D eigenvalue weighted by Gasteiger charge is -2.24. The number of halogens is 1. The summed E-state index contributed by atoms with van der Waals surface area (Å²) in [6, 6.07) is 18.9. The maximum Gasteiger partial charge on any atom is 0.311 e. The summed E-state index contributed by atoms with van der Waals surface area (Å²) in [5.41, 5.74) is 2.02. The van der Waals surface area contributed by atoms with Gasteiger partial charge in [-0.15, -0.1) is 10.2 Å². The molecule has 0 amide bonds. The molecule has 10 heteroatoms. The number of carbonyl (C=O) groups is 2. The minimum atomic E-state index is -0.961. The van der Waals surface area contributed by atoms with Gasteiger partial charge < -0.3 is 14.6 Å². The monoisotopic (exact) mass is 531 g/mol. The number of ether oxygens (including phenoxy) is 2. The molecule has 1 aliphatic heterocycles. The molecule has 1 aromatic heterocycles. The van der Waals surface area contributed by atoms with E-state index in [0.29, 0.717) is 44.1 Å². The van der Waals surface area contributed by atoms with Crippen LogP contribution < -0.4 is 9.47 Å². The van der Waals surface area contributed by atoms with Crippen molar-refractivity contribution in [2.75, 3.05) is 6.61 Å². The van der Waals surface area contributed by atoms with Crippen molar-refractivity contribution in [2.45, 2.75) is 18.8 Å². The lowest BCUT2D eigenvalue weighted by molar-refractivity contribution is -0.139. The minimum absolute atomic E-state index is 0.108. The highest BCUT2D eigenvalue weighted by Crippen LogP contribution is 2.39. The number of aliphatic carboxylic acids is 1. The number of aromatic nitrogens is 2. The van der Waals surface area contributed by atoms with Crippen molar-refractivity contribution in [1.29, 1.82) is 5.26 Å². The van der Waals surface area contributed by atoms with Gasteiger partial charge in [0.2, 0.25) is 0 Å². The smallest absolute Gasteiger partial charge is 0.311 e. The van der Waals surface area contributed by atoms with Gasteiger partial charge in [0.1, 0.15) is 33.3 Å². The third kappa shape index (κ3) is 5.31. The number of fused-ring (bicyclic) bond motifs is 1. The summed E-state index contributed by atoms with van der Waals surface area (Å²) in [6.07, 6.45) is 0.444. The molecule has 0 spiro atoms. The van der Waals surface area contributed by atoms with Crippen LogP contribution in [0.5, 0.6) is 17.2 Å². The molecule has 184 valence electrons. The van der Waals surface area contributed by atoms with Crippen molar-refractivity contribution in [3.05, 3.63) is 87.4 Å². The Hall–Kier alpha value is -4.26. The van der Waals surface area contributed by atoms with Crippen LogP contribution in [0, 0.1) is 11.3 Å². The van der Waals surface area contributed by atoms with Crippen LogP contribution in [0.2, 0.25) is 5.02 Å². The molecule has 37 heavy (non-hydrogen) atoms. The molecule has 8 nitrogen and oxygen atoms in total. The second-order valence-corrected chi connectivity index (χ2v) is 9.76. The lowest BCUT2D eigenvalue weighted by atomic mass is 9.91. The third-order valence-electron chi connectivity index (χ3n) is 5.84. The number of carboxylic acids is 1. The summed E-state index contributed by atoms with van der Waals surface area (Å²) in [4.78, 5) is 24.4. The van der Waals surface area contributed by atoms with Crippen LogP contribution in [0.15, 0.2) is 60.7 Å². The molecule has 1 aliphatic rings. The predicted molar refractivity (Wildman–Crippen MR) is 137 cm³/mol. The van der Waals surface area contributed by atoms with Gasteiger partial charge in [0.05, 0.1) is 24.5 Å². The Balaban J connectivity index is 1.29. The first-order valence-electron chi connectivity index (χ1n) is 11.2. The number of benzene rings is 3. The van der Waals surface area contributed by atoms with Gasteiger partial charge in [-0.2, -0.15) is 5.26 Å². The summed E-state index contributed by atoms with van der Waals surface area (Å²) in [5, 5.41) is 29.3. The first kappa shape index (κ1) is 24.4. The number of carboxylic acid groups (broad SMARTS) is 1. The predicted octanol–water partition coefficient (Wildman–Crippen LogP) is 5.90. The second kappa shape index (κ2) is 10.4. The fourth-order valence-corrected chi connectivity index (χ4v) is 4.92. The van der Waals surface area contributed by atoms with E-state index in [2.05, 4.69) is 16.3 Å². The normalized spacial score (nSPS) is 14.2. The van der Waals surface area contributed by atoms with Gasteiger partial charge in [-0.3, -0.25) is 9.59 Å². The summed E-state index contributed by atoms with van der Waals surface area (Å²) in [6.45, 7) is 0.266. The molecule has 1 N–H and O–H groups in total. The summed E-state index contributed by atoms with van der Waals surface area (Å²) in [7, 11) is 0. The van der Waals surface area contributed by atoms with E-state index in [1.807, 2.05) is 12.1 Å². The maximum atomic E-state index is 12.8. The fraction of sp³-hybridized carbons (Fsp3) is 0.148. The van der Waals surface area contributed by atoms with E-state index < -0.39 is 11.9 Å². The van der Waals surface area contributed by atoms with Crippen LogP contribution in [0.4, 0.5) is 0 Å². The second-order valence-electron chi connectivity index (χ2n) is 8.26. The van der Waals surface area contributed by atoms with Crippen molar-refractivity contribution in [3.8, 4) is 33.9 Å². The zero-order valence-corrected chi connectivity index (χ0v) is 20.8. The summed E-state index contributed by atoms with van der Waals surface area (Å²) < 4.78 is 11.5. The zero-order valence-electron chi connectivity index (χ0n) is 19.2. The highest BCUT2D eigenvalue weighted by Gasteiger charge is 2.29. The Kier molecular flexibility index (Phi) is 6.86. The van der Waals surface area contributed by atoms with E-state index in [9.17, 15) is 20.0 Å². The SMILES string of the molecule is N#Cc1cc2c(cc1Oc1ccc(C(=O)Cc3nnc(-c4ccc(Cl)cc4)s3)cc1)OCCC2C(=O)O. The van der Waals surface area contributed by atoms with Crippen molar-refractivity contribution < 1.29 is 24.2 Å². The first-order chi connectivity index (χ1) is 17.9. The highest BCUT2D eigenvalue weighted by molar-refractivity contribution is 7.14. The van der Waals surface area contributed by atoms with Gasteiger partial charge in [0.15, 0.2) is 5.78 Å². The van der Waals surface area contributed by atoms with Crippen LogP contribution in [-0.4, -0.2) is 33.7 Å². The number of hydrogen-bond donors (Lipinski definition) is 1. The van der Waals surface area contributed by atoms with Crippen LogP contribution in [0.1, 0.15) is 38.8 Å². The molecule has 0 bridgehead atoms. The molecule has 1 unspecified atom stereocenters. The van der Waals surface area contributed by atoms with Crippen LogP contribution >= 0.6 is 22.9 Å². The highest BCUT2D eigenvalue weighted by atomic mass is 35.5. The van der Waals surface area contributed by atoms with E-state index in [0.717, 1.165) is 5.56 Å². The number of carbonyl (C=O) groups excluding carboxylic acids is 1. The molecule has 4 aromatic rings. The Labute approximate surface area is 220 Å². The standard InChI is InChI=1S/C27H18ClN3O5S/c28-18-5-1-16(2-6-18)26-31-30-25(37-26)12-22(32)15-3-7-19(8-4-15)36-23-13-24-21(11-17(23)14-29)20(27(33)34)9-10-35-24/h1-8,11,13,20H,9-10,12H2,(H,33,34). The van der Waals surface area contributed by atoms with Crippen LogP contribution in [-0.2, 0) is 11.2 Å². The van der Waals surface area contributed by atoms with Gasteiger partial charge in [-0.1, -0.05) is 35.1 Å². The molecular formula is C27H18ClN3O5S. The Bertz CT molecular complexity index is 1530. The Morgan fingerprint density at radius 1 is 1.14 bits per heavy atom. The largest absolute Gasteiger partial charge is 0.493 e. The van der Waals surface area contributed by atoms with Crippen molar-refractivity contribution >= 4 is 34.7 Å². The lowest BCUT2D eigenvalue weighted by Crippen LogP contribution is -2.21. The zero-order chi connectivity index (χ0) is 25.9. The van der Waals surface area contributed by atoms with E-state index in [1.54, 1.807) is 36.4 Å². The van der Waals surface area contributed by atoms with Crippen molar-refractivity contribution in [3.63, 3.8) is 0 Å². The van der Waals surface area contributed by atoms with Gasteiger partial charge in [0.25, 0.3) is 0 Å². The summed E-state index contributed by atoms with van der Waals surface area (Å²) in [5.74, 6) is -0.767.